The van der Waals surface area contributed by atoms with Crippen molar-refractivity contribution in [3.8, 4) is 5.75 Å². The summed E-state index contributed by atoms with van der Waals surface area (Å²) in [6.45, 7) is 8.96. The Morgan fingerprint density at radius 1 is 1.44 bits per heavy atom. The zero-order valence-corrected chi connectivity index (χ0v) is 10.8. The van der Waals surface area contributed by atoms with Gasteiger partial charge < -0.3 is 10.1 Å². The molecular formula is C12H19ClN2O. The third-order valence-corrected chi connectivity index (χ3v) is 2.37. The lowest BCUT2D eigenvalue weighted by atomic mass is 9.95. The van der Waals surface area contributed by atoms with E-state index in [0.29, 0.717) is 11.6 Å². The molecule has 4 heteroatoms. The van der Waals surface area contributed by atoms with Crippen LogP contribution in [0.2, 0.25) is 5.02 Å². The zero-order valence-electron chi connectivity index (χ0n) is 10.1. The summed E-state index contributed by atoms with van der Waals surface area (Å²) in [5.41, 5.74) is 0.0956. The first-order valence-electron chi connectivity index (χ1n) is 5.47. The normalized spacial score (nSPS) is 11.5. The maximum Gasteiger partial charge on any atom is 0.139 e. The first-order valence-corrected chi connectivity index (χ1v) is 5.85. The summed E-state index contributed by atoms with van der Waals surface area (Å²) in [4.78, 5) is 3.97. The number of rotatable bonds is 6. The fourth-order valence-corrected chi connectivity index (χ4v) is 1.43. The molecule has 0 aliphatic heterocycles. The van der Waals surface area contributed by atoms with Crippen LogP contribution in [0.3, 0.4) is 0 Å². The van der Waals surface area contributed by atoms with Gasteiger partial charge in [0.25, 0.3) is 0 Å². The standard InChI is InChI=1S/C12H19ClN2O/c1-4-14-8-12(2,3)9-16-11-5-10(13)6-15-7-11/h5-7,14H,4,8-9H2,1-3H3. The molecule has 0 aliphatic rings. The van der Waals surface area contributed by atoms with E-state index < -0.39 is 0 Å². The summed E-state index contributed by atoms with van der Waals surface area (Å²) in [5, 5.41) is 3.91. The number of halogens is 1. The molecule has 0 aliphatic carbocycles. The van der Waals surface area contributed by atoms with Gasteiger partial charge in [-0.05, 0) is 6.54 Å². The van der Waals surface area contributed by atoms with Gasteiger partial charge in [0.05, 0.1) is 17.8 Å². The molecule has 0 atom stereocenters. The average Bonchev–Trinajstić information content (AvgIpc) is 2.24. The highest BCUT2D eigenvalue weighted by atomic mass is 35.5. The SMILES string of the molecule is CCNCC(C)(C)COc1cncc(Cl)c1. The van der Waals surface area contributed by atoms with E-state index in [0.717, 1.165) is 18.8 Å². The van der Waals surface area contributed by atoms with E-state index in [-0.39, 0.29) is 5.41 Å². The van der Waals surface area contributed by atoms with Crippen molar-refractivity contribution in [3.05, 3.63) is 23.5 Å². The third-order valence-electron chi connectivity index (χ3n) is 2.16. The van der Waals surface area contributed by atoms with Gasteiger partial charge in [0.2, 0.25) is 0 Å². The van der Waals surface area contributed by atoms with Crippen LogP contribution < -0.4 is 10.1 Å². The van der Waals surface area contributed by atoms with Crippen molar-refractivity contribution < 1.29 is 4.74 Å². The van der Waals surface area contributed by atoms with E-state index in [1.807, 2.05) is 0 Å². The summed E-state index contributed by atoms with van der Waals surface area (Å²) in [5.74, 6) is 0.720. The lowest BCUT2D eigenvalue weighted by Crippen LogP contribution is -2.34. The second kappa shape index (κ2) is 6.06. The average molecular weight is 243 g/mol. The Morgan fingerprint density at radius 3 is 2.81 bits per heavy atom. The number of nitrogens with one attached hydrogen (secondary N) is 1. The Hall–Kier alpha value is -0.800. The van der Waals surface area contributed by atoms with Crippen molar-refractivity contribution >= 4 is 11.6 Å². The predicted molar refractivity (Wildman–Crippen MR) is 67.1 cm³/mol. The van der Waals surface area contributed by atoms with Gasteiger partial charge in [-0.2, -0.15) is 0 Å². The van der Waals surface area contributed by atoms with Gasteiger partial charge in [-0.25, -0.2) is 0 Å². The van der Waals surface area contributed by atoms with Crippen LogP contribution in [0.15, 0.2) is 18.5 Å². The van der Waals surface area contributed by atoms with Crippen molar-refractivity contribution in [2.24, 2.45) is 5.41 Å². The molecule has 16 heavy (non-hydrogen) atoms. The van der Waals surface area contributed by atoms with Gasteiger partial charge in [-0.1, -0.05) is 32.4 Å². The summed E-state index contributed by atoms with van der Waals surface area (Å²) in [6.07, 6.45) is 3.27. The van der Waals surface area contributed by atoms with E-state index in [1.165, 1.54) is 0 Å². The Labute approximate surface area is 102 Å². The molecule has 3 nitrogen and oxygen atoms in total. The van der Waals surface area contributed by atoms with Crippen molar-refractivity contribution in [2.45, 2.75) is 20.8 Å². The molecule has 1 aromatic heterocycles. The molecular weight excluding hydrogens is 224 g/mol. The summed E-state index contributed by atoms with van der Waals surface area (Å²) < 4.78 is 5.66. The van der Waals surface area contributed by atoms with E-state index >= 15 is 0 Å². The maximum atomic E-state index is 5.82. The molecule has 1 aromatic rings. The second-order valence-electron chi connectivity index (χ2n) is 4.57. The molecule has 0 amide bonds. The number of ether oxygens (including phenoxy) is 1. The molecule has 0 aromatic carbocycles. The molecule has 0 bridgehead atoms. The van der Waals surface area contributed by atoms with E-state index in [2.05, 4.69) is 31.1 Å². The van der Waals surface area contributed by atoms with Crippen LogP contribution in [0.25, 0.3) is 0 Å². The third kappa shape index (κ3) is 4.81. The lowest BCUT2D eigenvalue weighted by Gasteiger charge is -2.24. The van der Waals surface area contributed by atoms with E-state index in [9.17, 15) is 0 Å². The van der Waals surface area contributed by atoms with Crippen LogP contribution in [0, 0.1) is 5.41 Å². The highest BCUT2D eigenvalue weighted by Crippen LogP contribution is 2.19. The molecule has 90 valence electrons. The lowest BCUT2D eigenvalue weighted by molar-refractivity contribution is 0.177. The van der Waals surface area contributed by atoms with Crippen LogP contribution in [-0.4, -0.2) is 24.7 Å². The van der Waals surface area contributed by atoms with Crippen LogP contribution in [0.1, 0.15) is 20.8 Å². The van der Waals surface area contributed by atoms with Crippen molar-refractivity contribution in [3.63, 3.8) is 0 Å². The van der Waals surface area contributed by atoms with Crippen molar-refractivity contribution in [1.29, 1.82) is 0 Å². The number of pyridine rings is 1. The molecule has 0 saturated heterocycles. The molecule has 0 spiro atoms. The number of aromatic nitrogens is 1. The Balaban J connectivity index is 2.44. The Bertz CT molecular complexity index is 329. The van der Waals surface area contributed by atoms with Crippen LogP contribution >= 0.6 is 11.6 Å². The monoisotopic (exact) mass is 242 g/mol. The highest BCUT2D eigenvalue weighted by Gasteiger charge is 2.18. The summed E-state index contributed by atoms with van der Waals surface area (Å²) in [7, 11) is 0. The van der Waals surface area contributed by atoms with Gasteiger partial charge in [0, 0.05) is 24.2 Å². The van der Waals surface area contributed by atoms with E-state index in [1.54, 1.807) is 18.5 Å². The Morgan fingerprint density at radius 2 is 2.19 bits per heavy atom. The minimum absolute atomic E-state index is 0.0956. The maximum absolute atomic E-state index is 5.82. The zero-order chi connectivity index (χ0) is 12.0. The molecule has 1 N–H and O–H groups in total. The molecule has 1 rings (SSSR count). The van der Waals surface area contributed by atoms with Gasteiger partial charge in [-0.3, -0.25) is 4.98 Å². The molecule has 0 unspecified atom stereocenters. The highest BCUT2D eigenvalue weighted by molar-refractivity contribution is 6.30. The summed E-state index contributed by atoms with van der Waals surface area (Å²) >= 11 is 5.82. The fourth-order valence-electron chi connectivity index (χ4n) is 1.26. The number of hydrogen-bond donors (Lipinski definition) is 1. The first kappa shape index (κ1) is 13.3. The van der Waals surface area contributed by atoms with Gasteiger partial charge in [0.15, 0.2) is 0 Å². The topological polar surface area (TPSA) is 34.1 Å². The Kier molecular flexibility index (Phi) is 5.03. The first-order chi connectivity index (χ1) is 7.53. The van der Waals surface area contributed by atoms with Gasteiger partial charge in [0.1, 0.15) is 5.75 Å². The van der Waals surface area contributed by atoms with Gasteiger partial charge >= 0.3 is 0 Å². The number of nitrogens with zero attached hydrogens (tertiary/aromatic N) is 1. The molecule has 1 heterocycles. The van der Waals surface area contributed by atoms with Crippen molar-refractivity contribution in [2.75, 3.05) is 19.7 Å². The number of hydrogen-bond acceptors (Lipinski definition) is 3. The van der Waals surface area contributed by atoms with Crippen LogP contribution in [0.4, 0.5) is 0 Å². The summed E-state index contributed by atoms with van der Waals surface area (Å²) in [6, 6.07) is 1.78. The fraction of sp³-hybridized carbons (Fsp3) is 0.583. The van der Waals surface area contributed by atoms with Crippen molar-refractivity contribution in [1.82, 2.24) is 10.3 Å². The van der Waals surface area contributed by atoms with Gasteiger partial charge in [-0.15, -0.1) is 0 Å². The molecule has 0 fully saturated rings. The van der Waals surface area contributed by atoms with Crippen LogP contribution in [-0.2, 0) is 0 Å². The minimum atomic E-state index is 0.0956. The molecule has 0 radical (unpaired) electrons. The second-order valence-corrected chi connectivity index (χ2v) is 5.01. The quantitative estimate of drug-likeness (QED) is 0.833. The van der Waals surface area contributed by atoms with Crippen LogP contribution in [0.5, 0.6) is 5.75 Å². The van der Waals surface area contributed by atoms with E-state index in [4.69, 9.17) is 16.3 Å². The predicted octanol–water partition coefficient (Wildman–Crippen LogP) is 2.75. The smallest absolute Gasteiger partial charge is 0.139 e. The largest absolute Gasteiger partial charge is 0.491 e. The molecule has 0 saturated carbocycles. The minimum Gasteiger partial charge on any atom is -0.491 e.